The summed E-state index contributed by atoms with van der Waals surface area (Å²) in [6.45, 7) is 0.627. The Morgan fingerprint density at radius 1 is 0.552 bits per heavy atom. The van der Waals surface area contributed by atoms with E-state index in [4.69, 9.17) is 14.3 Å². The van der Waals surface area contributed by atoms with Crippen LogP contribution >= 0.6 is 0 Å². The second-order valence-corrected chi connectivity index (χ2v) is 6.90. The van der Waals surface area contributed by atoms with E-state index in [0.29, 0.717) is 6.61 Å². The molecule has 0 N–H and O–H groups in total. The third-order valence-corrected chi connectivity index (χ3v) is 4.70. The lowest BCUT2D eigenvalue weighted by Gasteiger charge is -2.07. The van der Waals surface area contributed by atoms with Crippen LogP contribution in [0.5, 0.6) is 5.75 Å². The molecule has 0 aliphatic rings. The Balaban J connectivity index is 0.000000941. The van der Waals surface area contributed by atoms with Gasteiger partial charge in [0.2, 0.25) is 0 Å². The Morgan fingerprint density at radius 3 is 1.52 bits per heavy atom. The molecule has 0 radical (unpaired) electrons. The zero-order chi connectivity index (χ0) is 20.6. The highest BCUT2D eigenvalue weighted by molar-refractivity contribution is 5.28. The number of rotatable bonds is 10. The standard InChI is InChI=1S/C25H28O.CO2/c1(5-11-22-12-7-3-8-13-22)2-6-14-23-17-19-25(20-18-23)26-21-24-15-9-4-10-16-24;2-1-3/h3-4,7-10,12-13,15-20H,1-2,5-6,11,14,21H2;. The lowest BCUT2D eigenvalue weighted by Crippen LogP contribution is -1.95. The number of unbranched alkanes of at least 4 members (excludes halogenated alkanes) is 3. The molecule has 0 unspecified atom stereocenters. The van der Waals surface area contributed by atoms with Crippen molar-refractivity contribution in [3.63, 3.8) is 0 Å². The van der Waals surface area contributed by atoms with Gasteiger partial charge in [-0.2, -0.15) is 9.59 Å². The summed E-state index contributed by atoms with van der Waals surface area (Å²) in [6, 6.07) is 29.7. The zero-order valence-corrected chi connectivity index (χ0v) is 16.8. The fourth-order valence-electron chi connectivity index (χ4n) is 3.15. The fraction of sp³-hybridized carbons (Fsp3) is 0.269. The molecule has 0 saturated heterocycles. The average molecular weight is 389 g/mol. The summed E-state index contributed by atoms with van der Waals surface area (Å²) in [4.78, 5) is 16.2. The molecule has 0 spiro atoms. The molecule has 150 valence electrons. The minimum Gasteiger partial charge on any atom is -0.489 e. The van der Waals surface area contributed by atoms with E-state index in [1.807, 2.05) is 18.2 Å². The predicted molar refractivity (Wildman–Crippen MR) is 115 cm³/mol. The molecule has 0 amide bonds. The molecule has 0 aliphatic heterocycles. The monoisotopic (exact) mass is 388 g/mol. The first-order valence-electron chi connectivity index (χ1n) is 10.1. The molecule has 3 nitrogen and oxygen atoms in total. The summed E-state index contributed by atoms with van der Waals surface area (Å²) in [5, 5.41) is 0. The SMILES string of the molecule is O=C=O.c1ccc(CCCCCCc2ccc(OCc3ccccc3)cc2)cc1. The Kier molecular flexibility index (Phi) is 10.6. The van der Waals surface area contributed by atoms with Crippen molar-refractivity contribution in [1.29, 1.82) is 0 Å². The van der Waals surface area contributed by atoms with Gasteiger partial charge < -0.3 is 4.74 Å². The van der Waals surface area contributed by atoms with Crippen LogP contribution in [-0.2, 0) is 29.0 Å². The predicted octanol–water partition coefficient (Wildman–Crippen LogP) is 6.03. The molecule has 3 aromatic rings. The first kappa shape index (κ1) is 22.1. The average Bonchev–Trinajstić information content (AvgIpc) is 2.77. The third-order valence-electron chi connectivity index (χ3n) is 4.70. The van der Waals surface area contributed by atoms with E-state index in [-0.39, 0.29) is 6.15 Å². The minimum absolute atomic E-state index is 0.250. The lowest BCUT2D eigenvalue weighted by atomic mass is 10.0. The van der Waals surface area contributed by atoms with Crippen molar-refractivity contribution in [2.75, 3.05) is 0 Å². The topological polar surface area (TPSA) is 43.4 Å². The Hall–Kier alpha value is -3.16. The molecule has 0 bridgehead atoms. The van der Waals surface area contributed by atoms with Crippen molar-refractivity contribution in [2.24, 2.45) is 0 Å². The van der Waals surface area contributed by atoms with Gasteiger partial charge in [0.15, 0.2) is 0 Å². The molecule has 0 heterocycles. The van der Waals surface area contributed by atoms with Crippen LogP contribution in [-0.4, -0.2) is 6.15 Å². The quantitative estimate of drug-likeness (QED) is 0.398. The van der Waals surface area contributed by atoms with E-state index >= 15 is 0 Å². The van der Waals surface area contributed by atoms with E-state index in [1.165, 1.54) is 48.8 Å². The normalized spacial score (nSPS) is 9.79. The van der Waals surface area contributed by atoms with Gasteiger partial charge in [-0.1, -0.05) is 85.6 Å². The summed E-state index contributed by atoms with van der Waals surface area (Å²) in [5.74, 6) is 0.945. The van der Waals surface area contributed by atoms with Crippen LogP contribution in [0.3, 0.4) is 0 Å². The minimum atomic E-state index is 0.250. The highest BCUT2D eigenvalue weighted by Gasteiger charge is 1.98. The van der Waals surface area contributed by atoms with Gasteiger partial charge in [-0.05, 0) is 54.5 Å². The maximum absolute atomic E-state index is 8.12. The summed E-state index contributed by atoms with van der Waals surface area (Å²) >= 11 is 0. The number of hydrogen-bond acceptors (Lipinski definition) is 3. The summed E-state index contributed by atoms with van der Waals surface area (Å²) < 4.78 is 5.85. The molecule has 3 aromatic carbocycles. The Labute approximate surface area is 173 Å². The summed E-state index contributed by atoms with van der Waals surface area (Å²) in [7, 11) is 0. The summed E-state index contributed by atoms with van der Waals surface area (Å²) in [6.07, 6.45) is 7.78. The highest BCUT2D eigenvalue weighted by atomic mass is 16.5. The second kappa shape index (κ2) is 13.9. The van der Waals surface area contributed by atoms with Gasteiger partial charge in [-0.25, -0.2) is 0 Å². The maximum Gasteiger partial charge on any atom is 0.373 e. The number of ether oxygens (including phenoxy) is 1. The van der Waals surface area contributed by atoms with Crippen LogP contribution in [0.25, 0.3) is 0 Å². The second-order valence-electron chi connectivity index (χ2n) is 6.90. The number of carbonyl (C=O) groups excluding carboxylic acids is 2. The molecule has 0 saturated carbocycles. The number of aryl methyl sites for hydroxylation is 2. The maximum atomic E-state index is 8.12. The van der Waals surface area contributed by atoms with Gasteiger partial charge in [0.1, 0.15) is 12.4 Å². The van der Waals surface area contributed by atoms with E-state index in [1.54, 1.807) is 0 Å². The number of benzene rings is 3. The van der Waals surface area contributed by atoms with Crippen LogP contribution < -0.4 is 4.74 Å². The van der Waals surface area contributed by atoms with E-state index < -0.39 is 0 Å². The van der Waals surface area contributed by atoms with Crippen molar-refractivity contribution >= 4 is 6.15 Å². The lowest BCUT2D eigenvalue weighted by molar-refractivity contribution is -0.191. The zero-order valence-electron chi connectivity index (χ0n) is 16.8. The molecule has 29 heavy (non-hydrogen) atoms. The smallest absolute Gasteiger partial charge is 0.373 e. The third kappa shape index (κ3) is 9.55. The highest BCUT2D eigenvalue weighted by Crippen LogP contribution is 2.16. The van der Waals surface area contributed by atoms with E-state index in [2.05, 4.69) is 66.7 Å². The van der Waals surface area contributed by atoms with Crippen molar-refractivity contribution < 1.29 is 14.3 Å². The molecule has 0 aliphatic carbocycles. The Morgan fingerprint density at radius 2 is 1.00 bits per heavy atom. The van der Waals surface area contributed by atoms with Crippen LogP contribution in [0.4, 0.5) is 0 Å². The van der Waals surface area contributed by atoms with Gasteiger partial charge >= 0.3 is 6.15 Å². The van der Waals surface area contributed by atoms with Crippen LogP contribution in [0, 0.1) is 0 Å². The van der Waals surface area contributed by atoms with E-state index in [0.717, 1.165) is 12.2 Å². The largest absolute Gasteiger partial charge is 0.489 e. The van der Waals surface area contributed by atoms with Crippen LogP contribution in [0.1, 0.15) is 42.4 Å². The van der Waals surface area contributed by atoms with E-state index in [9.17, 15) is 0 Å². The van der Waals surface area contributed by atoms with Crippen molar-refractivity contribution in [1.82, 2.24) is 0 Å². The van der Waals surface area contributed by atoms with Crippen LogP contribution in [0.15, 0.2) is 84.9 Å². The van der Waals surface area contributed by atoms with Crippen LogP contribution in [0.2, 0.25) is 0 Å². The van der Waals surface area contributed by atoms with Gasteiger partial charge in [0.05, 0.1) is 0 Å². The molecule has 0 aromatic heterocycles. The molecular weight excluding hydrogens is 360 g/mol. The van der Waals surface area contributed by atoms with Gasteiger partial charge in [-0.15, -0.1) is 0 Å². The first-order valence-corrected chi connectivity index (χ1v) is 10.1. The summed E-state index contributed by atoms with van der Waals surface area (Å²) in [5.41, 5.74) is 4.06. The van der Waals surface area contributed by atoms with Crippen molar-refractivity contribution in [3.05, 3.63) is 102 Å². The molecule has 0 atom stereocenters. The molecule has 0 fully saturated rings. The van der Waals surface area contributed by atoms with Gasteiger partial charge in [0.25, 0.3) is 0 Å². The number of hydrogen-bond donors (Lipinski definition) is 0. The van der Waals surface area contributed by atoms with Crippen molar-refractivity contribution in [2.45, 2.75) is 45.1 Å². The van der Waals surface area contributed by atoms with Gasteiger partial charge in [-0.3, -0.25) is 0 Å². The van der Waals surface area contributed by atoms with Crippen molar-refractivity contribution in [3.8, 4) is 5.75 Å². The molecule has 3 heteroatoms. The first-order chi connectivity index (χ1) is 14.3. The van der Waals surface area contributed by atoms with Gasteiger partial charge in [0, 0.05) is 0 Å². The fourth-order valence-corrected chi connectivity index (χ4v) is 3.15. The Bertz CT molecular complexity index is 821. The molecular formula is C26H28O3. The molecule has 3 rings (SSSR count).